The van der Waals surface area contributed by atoms with Gasteiger partial charge in [0.2, 0.25) is 0 Å². The summed E-state index contributed by atoms with van der Waals surface area (Å²) in [5, 5.41) is 0. The van der Waals surface area contributed by atoms with Gasteiger partial charge in [0.05, 0.1) is 19.8 Å². The minimum Gasteiger partial charge on any atom is -0.464 e. The number of hydrogen-bond acceptors (Lipinski definition) is 5. The Kier molecular flexibility index (Phi) is 7.36. The van der Waals surface area contributed by atoms with Gasteiger partial charge in [-0.15, -0.1) is 0 Å². The van der Waals surface area contributed by atoms with Crippen LogP contribution in [-0.4, -0.2) is 56.9 Å². The summed E-state index contributed by atoms with van der Waals surface area (Å²) in [6.45, 7) is 7.22. The maximum atomic E-state index is 12.1. The van der Waals surface area contributed by atoms with E-state index in [1.54, 1.807) is 6.92 Å². The fourth-order valence-electron chi connectivity index (χ4n) is 2.46. The van der Waals surface area contributed by atoms with E-state index in [4.69, 9.17) is 14.2 Å². The Hall–Kier alpha value is -1.43. The number of nitrogens with zero attached hydrogens (tertiary/aromatic N) is 1. The van der Waals surface area contributed by atoms with Gasteiger partial charge in [-0.1, -0.05) is 30.3 Å². The summed E-state index contributed by atoms with van der Waals surface area (Å²) in [5.41, 5.74) is 0.840. The zero-order valence-corrected chi connectivity index (χ0v) is 13.2. The van der Waals surface area contributed by atoms with Crippen molar-refractivity contribution < 1.29 is 19.0 Å². The van der Waals surface area contributed by atoms with Crippen LogP contribution in [0.1, 0.15) is 25.0 Å². The molecule has 1 unspecified atom stereocenters. The second-order valence-electron chi connectivity index (χ2n) is 5.22. The quantitative estimate of drug-likeness (QED) is 0.543. The van der Waals surface area contributed by atoms with E-state index < -0.39 is 6.10 Å². The molecule has 0 saturated carbocycles. The average Bonchev–Trinajstić information content (AvgIpc) is 2.57. The fraction of sp³-hybridized carbons (Fsp3) is 0.588. The van der Waals surface area contributed by atoms with Crippen LogP contribution in [0.2, 0.25) is 0 Å². The van der Waals surface area contributed by atoms with Gasteiger partial charge in [-0.05, 0) is 18.9 Å². The van der Waals surface area contributed by atoms with E-state index in [2.05, 4.69) is 4.90 Å². The first-order chi connectivity index (χ1) is 10.8. The van der Waals surface area contributed by atoms with Crippen LogP contribution in [0.25, 0.3) is 0 Å². The van der Waals surface area contributed by atoms with Crippen LogP contribution in [0.3, 0.4) is 0 Å². The Labute approximate surface area is 132 Å². The zero-order valence-electron chi connectivity index (χ0n) is 13.2. The summed E-state index contributed by atoms with van der Waals surface area (Å²) in [5.74, 6) is -0.319. The second kappa shape index (κ2) is 9.56. The van der Waals surface area contributed by atoms with Crippen molar-refractivity contribution >= 4 is 5.97 Å². The van der Waals surface area contributed by atoms with Crippen molar-refractivity contribution in [3.05, 3.63) is 35.9 Å². The molecule has 0 bridgehead atoms. The number of carbonyl (C=O) groups excluding carboxylic acids is 1. The molecule has 0 aromatic heterocycles. The predicted octanol–water partition coefficient (Wildman–Crippen LogP) is 2.03. The molecule has 22 heavy (non-hydrogen) atoms. The summed E-state index contributed by atoms with van der Waals surface area (Å²) in [6.07, 6.45) is 0.258. The zero-order chi connectivity index (χ0) is 15.6. The molecule has 1 fully saturated rings. The largest absolute Gasteiger partial charge is 0.464 e. The third-order valence-corrected chi connectivity index (χ3v) is 3.61. The van der Waals surface area contributed by atoms with Crippen molar-refractivity contribution in [1.82, 2.24) is 4.90 Å². The standard InChI is InChI=1S/C17H25NO4/c1-2-21-17(19)16(15-7-4-3-5-8-15)22-12-6-9-18-10-13-20-14-11-18/h3-5,7-8,16H,2,6,9-14H2,1H3. The molecular formula is C17H25NO4. The van der Waals surface area contributed by atoms with E-state index >= 15 is 0 Å². The highest BCUT2D eigenvalue weighted by molar-refractivity contribution is 5.76. The van der Waals surface area contributed by atoms with E-state index in [-0.39, 0.29) is 5.97 Å². The Morgan fingerprint density at radius 1 is 1.27 bits per heavy atom. The Morgan fingerprint density at radius 3 is 2.68 bits per heavy atom. The van der Waals surface area contributed by atoms with E-state index in [0.717, 1.165) is 44.8 Å². The number of carbonyl (C=O) groups is 1. The van der Waals surface area contributed by atoms with Crippen LogP contribution < -0.4 is 0 Å². The highest BCUT2D eigenvalue weighted by Gasteiger charge is 2.22. The van der Waals surface area contributed by atoms with Gasteiger partial charge in [-0.2, -0.15) is 0 Å². The van der Waals surface area contributed by atoms with Gasteiger partial charge in [0.25, 0.3) is 0 Å². The van der Waals surface area contributed by atoms with E-state index in [0.29, 0.717) is 13.2 Å². The summed E-state index contributed by atoms with van der Waals surface area (Å²) >= 11 is 0. The molecule has 2 rings (SSSR count). The lowest BCUT2D eigenvalue weighted by molar-refractivity contribution is -0.157. The van der Waals surface area contributed by atoms with Crippen LogP contribution >= 0.6 is 0 Å². The number of morpholine rings is 1. The van der Waals surface area contributed by atoms with Gasteiger partial charge >= 0.3 is 5.97 Å². The summed E-state index contributed by atoms with van der Waals surface area (Å²) in [4.78, 5) is 14.4. The first-order valence-electron chi connectivity index (χ1n) is 7.94. The molecule has 5 nitrogen and oxygen atoms in total. The van der Waals surface area contributed by atoms with Crippen molar-refractivity contribution in [2.45, 2.75) is 19.4 Å². The number of hydrogen-bond donors (Lipinski definition) is 0. The molecule has 0 amide bonds. The van der Waals surface area contributed by atoms with Crippen molar-refractivity contribution in [3.63, 3.8) is 0 Å². The molecule has 122 valence electrons. The smallest absolute Gasteiger partial charge is 0.339 e. The normalized spacial score (nSPS) is 17.1. The van der Waals surface area contributed by atoms with Crippen LogP contribution in [-0.2, 0) is 19.0 Å². The van der Waals surface area contributed by atoms with E-state index in [1.807, 2.05) is 30.3 Å². The summed E-state index contributed by atoms with van der Waals surface area (Å²) < 4.78 is 16.2. The minimum absolute atomic E-state index is 0.319. The van der Waals surface area contributed by atoms with Crippen molar-refractivity contribution in [2.75, 3.05) is 46.1 Å². The molecule has 1 aliphatic rings. The summed E-state index contributed by atoms with van der Waals surface area (Å²) in [7, 11) is 0. The molecule has 1 heterocycles. The molecule has 0 aliphatic carbocycles. The van der Waals surface area contributed by atoms with Crippen LogP contribution in [0.5, 0.6) is 0 Å². The van der Waals surface area contributed by atoms with Gasteiger partial charge in [0, 0.05) is 26.2 Å². The monoisotopic (exact) mass is 307 g/mol. The predicted molar refractivity (Wildman–Crippen MR) is 83.6 cm³/mol. The van der Waals surface area contributed by atoms with Crippen molar-refractivity contribution in [3.8, 4) is 0 Å². The lowest BCUT2D eigenvalue weighted by Crippen LogP contribution is -2.37. The first kappa shape index (κ1) is 16.9. The molecule has 1 saturated heterocycles. The van der Waals surface area contributed by atoms with Gasteiger partial charge in [0.1, 0.15) is 0 Å². The van der Waals surface area contributed by atoms with E-state index in [9.17, 15) is 4.79 Å². The topological polar surface area (TPSA) is 48.0 Å². The van der Waals surface area contributed by atoms with Crippen molar-refractivity contribution in [2.24, 2.45) is 0 Å². The Morgan fingerprint density at radius 2 is 2.00 bits per heavy atom. The maximum Gasteiger partial charge on any atom is 0.339 e. The van der Waals surface area contributed by atoms with Crippen LogP contribution in [0, 0.1) is 0 Å². The fourth-order valence-corrected chi connectivity index (χ4v) is 2.46. The molecule has 0 radical (unpaired) electrons. The number of esters is 1. The van der Waals surface area contributed by atoms with E-state index in [1.165, 1.54) is 0 Å². The van der Waals surface area contributed by atoms with Gasteiger partial charge < -0.3 is 14.2 Å². The van der Waals surface area contributed by atoms with Gasteiger partial charge in [-0.25, -0.2) is 4.79 Å². The molecule has 0 spiro atoms. The SMILES string of the molecule is CCOC(=O)C(OCCCN1CCOCC1)c1ccccc1. The lowest BCUT2D eigenvalue weighted by Gasteiger charge is -2.26. The first-order valence-corrected chi connectivity index (χ1v) is 7.94. The molecule has 1 atom stereocenters. The third kappa shape index (κ3) is 5.40. The molecular weight excluding hydrogens is 282 g/mol. The Balaban J connectivity index is 1.80. The lowest BCUT2D eigenvalue weighted by atomic mass is 10.1. The molecule has 5 heteroatoms. The number of rotatable bonds is 8. The Bertz CT molecular complexity index is 432. The average molecular weight is 307 g/mol. The number of benzene rings is 1. The van der Waals surface area contributed by atoms with Gasteiger partial charge in [-0.3, -0.25) is 4.90 Å². The number of ether oxygens (including phenoxy) is 3. The molecule has 0 N–H and O–H groups in total. The molecule has 1 aromatic rings. The van der Waals surface area contributed by atoms with Crippen LogP contribution in [0.15, 0.2) is 30.3 Å². The van der Waals surface area contributed by atoms with Crippen LogP contribution in [0.4, 0.5) is 0 Å². The highest BCUT2D eigenvalue weighted by Crippen LogP contribution is 2.19. The third-order valence-electron chi connectivity index (χ3n) is 3.61. The molecule has 1 aliphatic heterocycles. The minimum atomic E-state index is -0.633. The second-order valence-corrected chi connectivity index (χ2v) is 5.22. The summed E-state index contributed by atoms with van der Waals surface area (Å²) in [6, 6.07) is 9.51. The van der Waals surface area contributed by atoms with Gasteiger partial charge in [0.15, 0.2) is 6.10 Å². The van der Waals surface area contributed by atoms with Crippen molar-refractivity contribution in [1.29, 1.82) is 0 Å². The maximum absolute atomic E-state index is 12.1. The highest BCUT2D eigenvalue weighted by atomic mass is 16.6. The molecule has 1 aromatic carbocycles.